The van der Waals surface area contributed by atoms with Gasteiger partial charge in [0.15, 0.2) is 5.60 Å². The minimum absolute atomic E-state index is 0.0833. The van der Waals surface area contributed by atoms with Crippen molar-refractivity contribution < 1.29 is 14.6 Å². The molecule has 1 saturated carbocycles. The molecule has 0 radical (unpaired) electrons. The summed E-state index contributed by atoms with van der Waals surface area (Å²) < 4.78 is 5.70. The maximum absolute atomic E-state index is 11.9. The van der Waals surface area contributed by atoms with Crippen molar-refractivity contribution in [3.05, 3.63) is 29.3 Å². The number of hydrogen-bond donors (Lipinski definition) is 1. The highest BCUT2D eigenvalue weighted by atomic mass is 16.5. The molecule has 0 saturated heterocycles. The van der Waals surface area contributed by atoms with Crippen molar-refractivity contribution in [1.29, 1.82) is 0 Å². The summed E-state index contributed by atoms with van der Waals surface area (Å²) in [5, 5.41) is 9.57. The quantitative estimate of drug-likeness (QED) is 0.759. The minimum Gasteiger partial charge on any atom is -0.478 e. The molecule has 1 spiro atoms. The molecular formula is C12H12O3. The van der Waals surface area contributed by atoms with E-state index in [0.717, 1.165) is 12.8 Å². The number of hydrogen-bond acceptors (Lipinski definition) is 3. The second-order valence-corrected chi connectivity index (χ2v) is 4.33. The van der Waals surface area contributed by atoms with Gasteiger partial charge in [0.2, 0.25) is 5.78 Å². The fourth-order valence-corrected chi connectivity index (χ4v) is 2.11. The van der Waals surface area contributed by atoms with Gasteiger partial charge in [0.1, 0.15) is 5.75 Å². The Bertz CT molecular complexity index is 444. The van der Waals surface area contributed by atoms with Crippen molar-refractivity contribution in [2.24, 2.45) is 0 Å². The Morgan fingerprint density at radius 2 is 2.20 bits per heavy atom. The summed E-state index contributed by atoms with van der Waals surface area (Å²) >= 11 is 0. The number of Topliss-reactive ketones (excluding diaryl/α,β-unsaturated/α-hetero) is 1. The Labute approximate surface area is 87.7 Å². The van der Waals surface area contributed by atoms with E-state index >= 15 is 0 Å². The first-order valence-electron chi connectivity index (χ1n) is 5.19. The van der Waals surface area contributed by atoms with Crippen molar-refractivity contribution in [3.63, 3.8) is 0 Å². The molecule has 1 aromatic rings. The molecule has 3 nitrogen and oxygen atoms in total. The van der Waals surface area contributed by atoms with Crippen LogP contribution in [0.15, 0.2) is 18.2 Å². The highest BCUT2D eigenvalue weighted by molar-refractivity contribution is 6.09. The number of rotatable bonds is 1. The predicted octanol–water partition coefficient (Wildman–Crippen LogP) is 1.85. The number of carbonyl (C=O) groups excluding carboxylic acids is 1. The minimum atomic E-state index is -0.596. The van der Waals surface area contributed by atoms with Crippen LogP contribution in [0.5, 0.6) is 5.75 Å². The zero-order valence-electron chi connectivity index (χ0n) is 8.49. The van der Waals surface area contributed by atoms with Crippen molar-refractivity contribution in [2.45, 2.75) is 31.5 Å². The molecule has 1 fully saturated rings. The second kappa shape index (κ2) is 2.61. The lowest BCUT2D eigenvalue weighted by Crippen LogP contribution is -2.21. The van der Waals surface area contributed by atoms with Crippen LogP contribution in [0, 0.1) is 0 Å². The molecule has 1 aliphatic heterocycles. The van der Waals surface area contributed by atoms with E-state index in [1.807, 2.05) is 0 Å². The van der Waals surface area contributed by atoms with Gasteiger partial charge in [-0.25, -0.2) is 0 Å². The molecule has 1 heterocycles. The number of ether oxygens (including phenoxy) is 1. The van der Waals surface area contributed by atoms with Gasteiger partial charge in [0.05, 0.1) is 11.7 Å². The highest BCUT2D eigenvalue weighted by Gasteiger charge is 2.58. The van der Waals surface area contributed by atoms with Crippen molar-refractivity contribution in [1.82, 2.24) is 0 Å². The Kier molecular flexibility index (Phi) is 1.55. The SMILES string of the molecule is CC(O)c1cccc2c1OC1(CC1)C2=O. The summed E-state index contributed by atoms with van der Waals surface area (Å²) in [5.41, 5.74) is 0.781. The molecule has 0 amide bonds. The molecule has 1 aliphatic carbocycles. The second-order valence-electron chi connectivity index (χ2n) is 4.33. The monoisotopic (exact) mass is 204 g/mol. The van der Waals surface area contributed by atoms with Gasteiger partial charge in [-0.05, 0) is 25.8 Å². The van der Waals surface area contributed by atoms with Crippen LogP contribution >= 0.6 is 0 Å². The van der Waals surface area contributed by atoms with Crippen LogP contribution in [0.25, 0.3) is 0 Å². The summed E-state index contributed by atoms with van der Waals surface area (Å²) in [4.78, 5) is 11.9. The number of para-hydroxylation sites is 1. The largest absolute Gasteiger partial charge is 0.478 e. The molecular weight excluding hydrogens is 192 g/mol. The van der Waals surface area contributed by atoms with Gasteiger partial charge in [0.25, 0.3) is 0 Å². The lowest BCUT2D eigenvalue weighted by molar-refractivity contribution is 0.0815. The van der Waals surface area contributed by atoms with E-state index in [-0.39, 0.29) is 5.78 Å². The number of benzene rings is 1. The Hall–Kier alpha value is -1.35. The zero-order chi connectivity index (χ0) is 10.6. The van der Waals surface area contributed by atoms with Gasteiger partial charge in [-0.2, -0.15) is 0 Å². The summed E-state index contributed by atoms with van der Waals surface area (Å²) in [7, 11) is 0. The maximum Gasteiger partial charge on any atom is 0.210 e. The molecule has 0 bridgehead atoms. The molecule has 0 aromatic heterocycles. The lowest BCUT2D eigenvalue weighted by Gasteiger charge is -2.11. The first kappa shape index (κ1) is 8.92. The van der Waals surface area contributed by atoms with E-state index < -0.39 is 11.7 Å². The van der Waals surface area contributed by atoms with Gasteiger partial charge < -0.3 is 9.84 Å². The molecule has 15 heavy (non-hydrogen) atoms. The smallest absolute Gasteiger partial charge is 0.210 e. The van der Waals surface area contributed by atoms with E-state index in [9.17, 15) is 9.90 Å². The van der Waals surface area contributed by atoms with Crippen LogP contribution in [0.1, 0.15) is 41.8 Å². The summed E-state index contributed by atoms with van der Waals surface area (Å²) in [6, 6.07) is 5.37. The summed E-state index contributed by atoms with van der Waals surface area (Å²) in [5.74, 6) is 0.676. The maximum atomic E-state index is 11.9. The molecule has 1 N–H and O–H groups in total. The van der Waals surface area contributed by atoms with Crippen LogP contribution < -0.4 is 4.74 Å². The molecule has 78 valence electrons. The Balaban J connectivity index is 2.16. The lowest BCUT2D eigenvalue weighted by atomic mass is 10.0. The molecule has 3 rings (SSSR count). The van der Waals surface area contributed by atoms with E-state index in [1.165, 1.54) is 0 Å². The molecule has 2 aliphatic rings. The number of ketones is 1. The average Bonchev–Trinajstić information content (AvgIpc) is 2.91. The third kappa shape index (κ3) is 1.07. The van der Waals surface area contributed by atoms with E-state index in [4.69, 9.17) is 4.74 Å². The standard InChI is InChI=1S/C12H12O3/c1-7(13)8-3-2-4-9-10(8)15-12(5-6-12)11(9)14/h2-4,7,13H,5-6H2,1H3. The third-order valence-corrected chi connectivity index (χ3v) is 3.16. The number of fused-ring (bicyclic) bond motifs is 1. The van der Waals surface area contributed by atoms with Crippen LogP contribution in [-0.4, -0.2) is 16.5 Å². The van der Waals surface area contributed by atoms with Crippen LogP contribution in [0.4, 0.5) is 0 Å². The Morgan fingerprint density at radius 3 is 2.80 bits per heavy atom. The molecule has 1 unspecified atom stereocenters. The first-order valence-corrected chi connectivity index (χ1v) is 5.19. The summed E-state index contributed by atoms with van der Waals surface area (Å²) in [6.45, 7) is 1.68. The van der Waals surface area contributed by atoms with E-state index in [2.05, 4.69) is 0 Å². The van der Waals surface area contributed by atoms with Gasteiger partial charge >= 0.3 is 0 Å². The van der Waals surface area contributed by atoms with Crippen molar-refractivity contribution in [2.75, 3.05) is 0 Å². The topological polar surface area (TPSA) is 46.5 Å². The van der Waals surface area contributed by atoms with Gasteiger partial charge in [0, 0.05) is 5.56 Å². The van der Waals surface area contributed by atoms with E-state index in [1.54, 1.807) is 25.1 Å². The average molecular weight is 204 g/mol. The number of aliphatic hydroxyl groups is 1. The first-order chi connectivity index (χ1) is 7.14. The third-order valence-electron chi connectivity index (χ3n) is 3.16. The number of carbonyl (C=O) groups is 1. The normalized spacial score (nSPS) is 22.4. The fourth-order valence-electron chi connectivity index (χ4n) is 2.11. The van der Waals surface area contributed by atoms with Crippen LogP contribution in [0.3, 0.4) is 0 Å². The fraction of sp³-hybridized carbons (Fsp3) is 0.417. The summed E-state index contributed by atoms with van der Waals surface area (Å²) in [6.07, 6.45) is 1.01. The molecule has 3 heteroatoms. The van der Waals surface area contributed by atoms with Crippen molar-refractivity contribution >= 4 is 5.78 Å². The van der Waals surface area contributed by atoms with E-state index in [0.29, 0.717) is 16.9 Å². The predicted molar refractivity (Wildman–Crippen MR) is 54.0 cm³/mol. The van der Waals surface area contributed by atoms with Crippen LogP contribution in [-0.2, 0) is 0 Å². The van der Waals surface area contributed by atoms with Gasteiger partial charge in [-0.3, -0.25) is 4.79 Å². The zero-order valence-corrected chi connectivity index (χ0v) is 8.49. The number of aliphatic hydroxyl groups excluding tert-OH is 1. The van der Waals surface area contributed by atoms with Crippen LogP contribution in [0.2, 0.25) is 0 Å². The Morgan fingerprint density at radius 1 is 1.47 bits per heavy atom. The van der Waals surface area contributed by atoms with Gasteiger partial charge in [-0.15, -0.1) is 0 Å². The molecule has 1 aromatic carbocycles. The highest BCUT2D eigenvalue weighted by Crippen LogP contribution is 2.51. The molecule has 1 atom stereocenters. The van der Waals surface area contributed by atoms with Crippen molar-refractivity contribution in [3.8, 4) is 5.75 Å². The van der Waals surface area contributed by atoms with Gasteiger partial charge in [-0.1, -0.05) is 12.1 Å².